The van der Waals surface area contributed by atoms with Gasteiger partial charge in [-0.05, 0) is 36.5 Å². The van der Waals surface area contributed by atoms with E-state index < -0.39 is 0 Å². The first-order valence-corrected chi connectivity index (χ1v) is 5.58. The van der Waals surface area contributed by atoms with Crippen molar-refractivity contribution in [3.63, 3.8) is 0 Å². The van der Waals surface area contributed by atoms with Crippen molar-refractivity contribution < 1.29 is 4.79 Å². The fraction of sp³-hybridized carbons (Fsp3) is 0.462. The van der Waals surface area contributed by atoms with Crippen molar-refractivity contribution in [3.8, 4) is 0 Å². The first kappa shape index (κ1) is 10.4. The van der Waals surface area contributed by atoms with Gasteiger partial charge in [-0.3, -0.25) is 4.79 Å². The van der Waals surface area contributed by atoms with Crippen LogP contribution in [0, 0.1) is 5.92 Å². The largest absolute Gasteiger partial charge is 0.330 e. The summed E-state index contributed by atoms with van der Waals surface area (Å²) in [6, 6.07) is 6.09. The van der Waals surface area contributed by atoms with Gasteiger partial charge in [-0.1, -0.05) is 19.1 Å². The van der Waals surface area contributed by atoms with Crippen LogP contribution in [0.1, 0.15) is 34.8 Å². The number of nitrogens with two attached hydrogens (primary N) is 1. The summed E-state index contributed by atoms with van der Waals surface area (Å²) in [7, 11) is 0. The third-order valence-electron chi connectivity index (χ3n) is 3.18. The van der Waals surface area contributed by atoms with E-state index in [-0.39, 0.29) is 11.7 Å². The van der Waals surface area contributed by atoms with E-state index in [4.69, 9.17) is 5.73 Å². The zero-order chi connectivity index (χ0) is 10.8. The smallest absolute Gasteiger partial charge is 0.166 e. The molecule has 1 atom stereocenters. The molecule has 0 aliphatic heterocycles. The molecular weight excluding hydrogens is 186 g/mol. The van der Waals surface area contributed by atoms with Gasteiger partial charge in [0, 0.05) is 18.0 Å². The summed E-state index contributed by atoms with van der Waals surface area (Å²) in [5, 5.41) is 0. The number of aryl methyl sites for hydroxylation is 2. The lowest BCUT2D eigenvalue weighted by Crippen LogP contribution is -2.20. The van der Waals surface area contributed by atoms with Gasteiger partial charge in [0.25, 0.3) is 0 Å². The van der Waals surface area contributed by atoms with E-state index >= 15 is 0 Å². The zero-order valence-electron chi connectivity index (χ0n) is 9.12. The Kier molecular flexibility index (Phi) is 2.87. The fourth-order valence-corrected chi connectivity index (χ4v) is 2.12. The van der Waals surface area contributed by atoms with Crippen LogP contribution in [0.4, 0.5) is 0 Å². The summed E-state index contributed by atoms with van der Waals surface area (Å²) >= 11 is 0. The Hall–Kier alpha value is -1.15. The molecule has 0 fully saturated rings. The maximum absolute atomic E-state index is 11.9. The van der Waals surface area contributed by atoms with E-state index in [1.807, 2.05) is 13.0 Å². The minimum absolute atomic E-state index is 0.0653. The minimum Gasteiger partial charge on any atom is -0.330 e. The quantitative estimate of drug-likeness (QED) is 0.763. The van der Waals surface area contributed by atoms with Gasteiger partial charge in [0.1, 0.15) is 0 Å². The van der Waals surface area contributed by atoms with Crippen LogP contribution in [0.3, 0.4) is 0 Å². The third kappa shape index (κ3) is 1.95. The molecule has 0 heterocycles. The minimum atomic E-state index is -0.0653. The first-order valence-electron chi connectivity index (χ1n) is 5.58. The molecule has 1 aliphatic rings. The predicted molar refractivity (Wildman–Crippen MR) is 61.0 cm³/mol. The Balaban J connectivity index is 2.26. The van der Waals surface area contributed by atoms with Crippen molar-refractivity contribution in [1.82, 2.24) is 0 Å². The molecule has 15 heavy (non-hydrogen) atoms. The normalized spacial score (nSPS) is 16.1. The summed E-state index contributed by atoms with van der Waals surface area (Å²) < 4.78 is 0. The number of rotatable bonds is 3. The lowest BCUT2D eigenvalue weighted by atomic mass is 9.96. The van der Waals surface area contributed by atoms with Crippen LogP contribution < -0.4 is 5.73 Å². The van der Waals surface area contributed by atoms with Crippen molar-refractivity contribution >= 4 is 5.78 Å². The number of benzene rings is 1. The maximum Gasteiger partial charge on any atom is 0.166 e. The van der Waals surface area contributed by atoms with Crippen LogP contribution in [0.2, 0.25) is 0 Å². The monoisotopic (exact) mass is 203 g/mol. The molecule has 0 aromatic heterocycles. The Morgan fingerprint density at radius 3 is 2.87 bits per heavy atom. The second kappa shape index (κ2) is 4.15. The van der Waals surface area contributed by atoms with Gasteiger partial charge in [0.2, 0.25) is 0 Å². The van der Waals surface area contributed by atoms with Gasteiger partial charge in [-0.25, -0.2) is 0 Å². The second-order valence-electron chi connectivity index (χ2n) is 4.34. The molecular formula is C13H17NO. The lowest BCUT2D eigenvalue weighted by Gasteiger charge is -2.08. The molecule has 0 saturated carbocycles. The topological polar surface area (TPSA) is 43.1 Å². The third-order valence-corrected chi connectivity index (χ3v) is 3.18. The van der Waals surface area contributed by atoms with Gasteiger partial charge in [-0.15, -0.1) is 0 Å². The Morgan fingerprint density at radius 1 is 1.40 bits per heavy atom. The van der Waals surface area contributed by atoms with Crippen LogP contribution >= 0.6 is 0 Å². The molecule has 2 nitrogen and oxygen atoms in total. The molecule has 0 radical (unpaired) electrons. The van der Waals surface area contributed by atoms with Crippen LogP contribution in [-0.2, 0) is 12.8 Å². The molecule has 2 heteroatoms. The molecule has 2 N–H and O–H groups in total. The van der Waals surface area contributed by atoms with E-state index in [0.29, 0.717) is 6.54 Å². The van der Waals surface area contributed by atoms with Crippen LogP contribution in [0.5, 0.6) is 0 Å². The number of hydrogen-bond donors (Lipinski definition) is 1. The van der Waals surface area contributed by atoms with Crippen molar-refractivity contribution in [1.29, 1.82) is 0 Å². The number of Topliss-reactive ketones (excluding diaryl/α,β-unsaturated/α-hetero) is 1. The van der Waals surface area contributed by atoms with Crippen molar-refractivity contribution in [3.05, 3.63) is 34.9 Å². The lowest BCUT2D eigenvalue weighted by molar-refractivity contribution is 0.0934. The van der Waals surface area contributed by atoms with Crippen molar-refractivity contribution in [2.24, 2.45) is 11.7 Å². The summed E-state index contributed by atoms with van der Waals surface area (Å²) in [6.45, 7) is 2.31. The average Bonchev–Trinajstić information content (AvgIpc) is 2.73. The highest BCUT2D eigenvalue weighted by atomic mass is 16.1. The van der Waals surface area contributed by atoms with Gasteiger partial charge in [0.15, 0.2) is 5.78 Å². The highest BCUT2D eigenvalue weighted by Gasteiger charge is 2.17. The molecule has 2 rings (SSSR count). The zero-order valence-corrected chi connectivity index (χ0v) is 9.12. The first-order chi connectivity index (χ1) is 7.22. The molecule has 1 aromatic carbocycles. The van der Waals surface area contributed by atoms with Crippen LogP contribution in [0.15, 0.2) is 18.2 Å². The van der Waals surface area contributed by atoms with Gasteiger partial charge >= 0.3 is 0 Å². The summed E-state index contributed by atoms with van der Waals surface area (Å²) in [5.41, 5.74) is 9.09. The number of hydrogen-bond acceptors (Lipinski definition) is 2. The molecule has 1 aromatic rings. The number of ketones is 1. The van der Waals surface area contributed by atoms with E-state index in [1.165, 1.54) is 17.5 Å². The van der Waals surface area contributed by atoms with Gasteiger partial charge in [-0.2, -0.15) is 0 Å². The number of carbonyl (C=O) groups is 1. The molecule has 0 amide bonds. The Morgan fingerprint density at radius 2 is 2.13 bits per heavy atom. The summed E-state index contributed by atoms with van der Waals surface area (Å²) in [5.74, 6) is 0.108. The highest BCUT2D eigenvalue weighted by molar-refractivity contribution is 5.98. The molecule has 0 bridgehead atoms. The van der Waals surface area contributed by atoms with Crippen molar-refractivity contribution in [2.45, 2.75) is 26.2 Å². The molecule has 80 valence electrons. The molecule has 0 saturated heterocycles. The van der Waals surface area contributed by atoms with E-state index in [0.717, 1.165) is 18.4 Å². The molecule has 1 aliphatic carbocycles. The standard InChI is InChI=1S/C13H17NO/c1-9(8-14)13(15)12-6-5-10-3-2-4-11(10)7-12/h5-7,9H,2-4,8,14H2,1H3. The van der Waals surface area contributed by atoms with E-state index in [9.17, 15) is 4.79 Å². The van der Waals surface area contributed by atoms with E-state index in [2.05, 4.69) is 12.1 Å². The highest BCUT2D eigenvalue weighted by Crippen LogP contribution is 2.23. The number of carbonyl (C=O) groups excluding carboxylic acids is 1. The van der Waals surface area contributed by atoms with Crippen LogP contribution in [-0.4, -0.2) is 12.3 Å². The fourth-order valence-electron chi connectivity index (χ4n) is 2.12. The SMILES string of the molecule is CC(CN)C(=O)c1ccc2c(c1)CCC2. The Bertz CT molecular complexity index is 384. The summed E-state index contributed by atoms with van der Waals surface area (Å²) in [6.07, 6.45) is 3.50. The van der Waals surface area contributed by atoms with Crippen LogP contribution in [0.25, 0.3) is 0 Å². The van der Waals surface area contributed by atoms with Gasteiger partial charge < -0.3 is 5.73 Å². The predicted octanol–water partition coefficient (Wildman–Crippen LogP) is 1.95. The maximum atomic E-state index is 11.9. The molecule has 1 unspecified atom stereocenters. The van der Waals surface area contributed by atoms with E-state index in [1.54, 1.807) is 0 Å². The van der Waals surface area contributed by atoms with Crippen molar-refractivity contribution in [2.75, 3.05) is 6.54 Å². The molecule has 0 spiro atoms. The summed E-state index contributed by atoms with van der Waals surface area (Å²) in [4.78, 5) is 11.9. The average molecular weight is 203 g/mol. The van der Waals surface area contributed by atoms with Gasteiger partial charge in [0.05, 0.1) is 0 Å². The second-order valence-corrected chi connectivity index (χ2v) is 4.34. The Labute approximate surface area is 90.5 Å². The number of fused-ring (bicyclic) bond motifs is 1.